The third kappa shape index (κ3) is 3.77. The molecule has 2 atom stereocenters. The van der Waals surface area contributed by atoms with Crippen molar-refractivity contribution in [2.24, 2.45) is 0 Å². The SMILES string of the molecule is C[C@H](CC(=O)C(Br)c1ccccc1)c1ccccc1. The third-order valence-corrected chi connectivity index (χ3v) is 4.29. The molecule has 0 aliphatic heterocycles. The fourth-order valence-corrected chi connectivity index (χ4v) is 2.60. The van der Waals surface area contributed by atoms with Gasteiger partial charge >= 0.3 is 0 Å². The van der Waals surface area contributed by atoms with Crippen molar-refractivity contribution in [1.29, 1.82) is 0 Å². The first-order valence-corrected chi connectivity index (χ1v) is 7.36. The predicted octanol–water partition coefficient (Wildman–Crippen LogP) is 4.89. The smallest absolute Gasteiger partial charge is 0.151 e. The van der Waals surface area contributed by atoms with Gasteiger partial charge < -0.3 is 0 Å². The van der Waals surface area contributed by atoms with Crippen LogP contribution in [0.2, 0.25) is 0 Å². The van der Waals surface area contributed by atoms with Gasteiger partial charge in [0.05, 0.1) is 4.83 Å². The van der Waals surface area contributed by atoms with E-state index in [0.717, 1.165) is 5.56 Å². The van der Waals surface area contributed by atoms with Gasteiger partial charge in [0.15, 0.2) is 5.78 Å². The number of hydrogen-bond donors (Lipinski definition) is 0. The fraction of sp³-hybridized carbons (Fsp3) is 0.235. The zero-order valence-electron chi connectivity index (χ0n) is 10.9. The molecule has 0 heterocycles. The number of carbonyl (C=O) groups is 1. The zero-order valence-corrected chi connectivity index (χ0v) is 12.5. The van der Waals surface area contributed by atoms with Gasteiger partial charge in [0.1, 0.15) is 0 Å². The van der Waals surface area contributed by atoms with Gasteiger partial charge in [0.25, 0.3) is 0 Å². The van der Waals surface area contributed by atoms with Gasteiger partial charge in [0.2, 0.25) is 0 Å². The molecule has 19 heavy (non-hydrogen) atoms. The van der Waals surface area contributed by atoms with E-state index in [0.29, 0.717) is 6.42 Å². The normalized spacial score (nSPS) is 13.8. The number of Topliss-reactive ketones (excluding diaryl/α,β-unsaturated/α-hetero) is 1. The minimum Gasteiger partial charge on any atom is -0.298 e. The van der Waals surface area contributed by atoms with Gasteiger partial charge in [-0.3, -0.25) is 4.79 Å². The predicted molar refractivity (Wildman–Crippen MR) is 82.6 cm³/mol. The van der Waals surface area contributed by atoms with Crippen LogP contribution >= 0.6 is 15.9 Å². The largest absolute Gasteiger partial charge is 0.298 e. The summed E-state index contributed by atoms with van der Waals surface area (Å²) in [5, 5.41) is 0. The van der Waals surface area contributed by atoms with Crippen LogP contribution in [0.4, 0.5) is 0 Å². The van der Waals surface area contributed by atoms with Crippen LogP contribution in [0.25, 0.3) is 0 Å². The quantitative estimate of drug-likeness (QED) is 0.718. The molecule has 0 fully saturated rings. The van der Waals surface area contributed by atoms with Crippen molar-refractivity contribution in [2.45, 2.75) is 24.1 Å². The minimum absolute atomic E-state index is 0.208. The van der Waals surface area contributed by atoms with E-state index in [9.17, 15) is 4.79 Å². The van der Waals surface area contributed by atoms with E-state index in [4.69, 9.17) is 0 Å². The maximum Gasteiger partial charge on any atom is 0.151 e. The summed E-state index contributed by atoms with van der Waals surface area (Å²) in [6, 6.07) is 20.0. The van der Waals surface area contributed by atoms with Crippen LogP contribution in [0.15, 0.2) is 60.7 Å². The van der Waals surface area contributed by atoms with Crippen LogP contribution in [0.1, 0.15) is 35.2 Å². The Hall–Kier alpha value is -1.41. The first-order valence-electron chi connectivity index (χ1n) is 6.45. The number of benzene rings is 2. The number of alkyl halides is 1. The molecule has 0 spiro atoms. The van der Waals surface area contributed by atoms with Crippen molar-refractivity contribution < 1.29 is 4.79 Å². The molecular weight excluding hydrogens is 300 g/mol. The molecule has 0 bridgehead atoms. The first-order chi connectivity index (χ1) is 9.18. The van der Waals surface area contributed by atoms with Crippen LogP contribution in [0.3, 0.4) is 0 Å². The van der Waals surface area contributed by atoms with Gasteiger partial charge in [0, 0.05) is 6.42 Å². The van der Waals surface area contributed by atoms with Crippen molar-refractivity contribution in [1.82, 2.24) is 0 Å². The summed E-state index contributed by atoms with van der Waals surface area (Å²) < 4.78 is 0. The van der Waals surface area contributed by atoms with Crippen LogP contribution in [-0.4, -0.2) is 5.78 Å². The van der Waals surface area contributed by atoms with Crippen molar-refractivity contribution in [2.75, 3.05) is 0 Å². The first kappa shape index (κ1) is 14.0. The van der Waals surface area contributed by atoms with Gasteiger partial charge in [-0.25, -0.2) is 0 Å². The molecule has 0 aliphatic carbocycles. The summed E-state index contributed by atoms with van der Waals surface area (Å²) in [5.74, 6) is 0.472. The highest BCUT2D eigenvalue weighted by Gasteiger charge is 2.19. The summed E-state index contributed by atoms with van der Waals surface area (Å²) in [4.78, 5) is 12.1. The molecule has 0 radical (unpaired) electrons. The molecule has 2 rings (SSSR count). The summed E-state index contributed by atoms with van der Waals surface area (Å²) in [7, 11) is 0. The second-order valence-electron chi connectivity index (χ2n) is 4.76. The number of carbonyl (C=O) groups excluding carboxylic acids is 1. The molecule has 0 N–H and O–H groups in total. The fourth-order valence-electron chi connectivity index (χ4n) is 2.11. The average molecular weight is 317 g/mol. The monoisotopic (exact) mass is 316 g/mol. The molecule has 98 valence electrons. The van der Waals surface area contributed by atoms with Gasteiger partial charge in [-0.05, 0) is 17.0 Å². The van der Waals surface area contributed by atoms with Crippen LogP contribution in [0.5, 0.6) is 0 Å². The molecule has 0 saturated heterocycles. The Bertz CT molecular complexity index is 521. The summed E-state index contributed by atoms with van der Waals surface area (Å²) in [5.41, 5.74) is 2.23. The average Bonchev–Trinajstić information content (AvgIpc) is 2.48. The Kier molecular flexibility index (Phi) is 4.92. The Balaban J connectivity index is 2.02. The van der Waals surface area contributed by atoms with E-state index in [1.165, 1.54) is 5.56 Å². The molecule has 1 nitrogen and oxygen atoms in total. The number of halogens is 1. The van der Waals surface area contributed by atoms with Gasteiger partial charge in [-0.2, -0.15) is 0 Å². The number of ketones is 1. The third-order valence-electron chi connectivity index (χ3n) is 3.25. The van der Waals surface area contributed by atoms with Crippen LogP contribution < -0.4 is 0 Å². The molecule has 2 heteroatoms. The second kappa shape index (κ2) is 6.67. The topological polar surface area (TPSA) is 17.1 Å². The highest BCUT2D eigenvalue weighted by molar-refractivity contribution is 9.09. The lowest BCUT2D eigenvalue weighted by Gasteiger charge is -2.14. The molecule has 2 aromatic carbocycles. The van der Waals surface area contributed by atoms with E-state index in [1.54, 1.807) is 0 Å². The van der Waals surface area contributed by atoms with Crippen molar-refractivity contribution in [3.63, 3.8) is 0 Å². The lowest BCUT2D eigenvalue weighted by molar-refractivity contribution is -0.118. The Morgan fingerprint density at radius 3 is 1.95 bits per heavy atom. The van der Waals surface area contributed by atoms with Gasteiger partial charge in [-0.1, -0.05) is 83.5 Å². The Labute approximate surface area is 122 Å². The number of rotatable bonds is 5. The standard InChI is InChI=1S/C17H17BrO/c1-13(14-8-4-2-5-9-14)12-16(19)17(18)15-10-6-3-7-11-15/h2-11,13,17H,12H2,1H3/t13-,17?/m1/s1. The lowest BCUT2D eigenvalue weighted by atomic mass is 9.93. The van der Waals surface area contributed by atoms with Crippen molar-refractivity contribution in [3.8, 4) is 0 Å². The van der Waals surface area contributed by atoms with E-state index in [2.05, 4.69) is 35.0 Å². The summed E-state index contributed by atoms with van der Waals surface area (Å²) in [6.07, 6.45) is 0.550. The highest BCUT2D eigenvalue weighted by atomic mass is 79.9. The molecule has 0 aliphatic rings. The maximum atomic E-state index is 12.3. The van der Waals surface area contributed by atoms with E-state index in [-0.39, 0.29) is 16.5 Å². The Morgan fingerprint density at radius 1 is 0.947 bits per heavy atom. The summed E-state index contributed by atoms with van der Waals surface area (Å²) in [6.45, 7) is 2.10. The lowest BCUT2D eigenvalue weighted by Crippen LogP contribution is -2.10. The molecule has 0 saturated carbocycles. The van der Waals surface area contributed by atoms with E-state index in [1.807, 2.05) is 48.5 Å². The van der Waals surface area contributed by atoms with E-state index >= 15 is 0 Å². The molecule has 0 aromatic heterocycles. The molecular formula is C17H17BrO. The minimum atomic E-state index is -0.208. The van der Waals surface area contributed by atoms with Crippen molar-refractivity contribution in [3.05, 3.63) is 71.8 Å². The molecule has 2 aromatic rings. The zero-order chi connectivity index (χ0) is 13.7. The highest BCUT2D eigenvalue weighted by Crippen LogP contribution is 2.29. The van der Waals surface area contributed by atoms with Crippen LogP contribution in [0, 0.1) is 0 Å². The number of hydrogen-bond acceptors (Lipinski definition) is 1. The second-order valence-corrected chi connectivity index (χ2v) is 5.67. The van der Waals surface area contributed by atoms with E-state index < -0.39 is 0 Å². The molecule has 0 amide bonds. The van der Waals surface area contributed by atoms with Crippen molar-refractivity contribution >= 4 is 21.7 Å². The summed E-state index contributed by atoms with van der Waals surface area (Å²) >= 11 is 3.50. The molecule has 1 unspecified atom stereocenters. The van der Waals surface area contributed by atoms with Crippen LogP contribution in [-0.2, 0) is 4.79 Å². The Morgan fingerprint density at radius 2 is 1.42 bits per heavy atom. The maximum absolute atomic E-state index is 12.3. The van der Waals surface area contributed by atoms with Gasteiger partial charge in [-0.15, -0.1) is 0 Å².